The molecule has 1 aliphatic carbocycles. The van der Waals surface area contributed by atoms with Crippen LogP contribution in [0.1, 0.15) is 35.4 Å². The Morgan fingerprint density at radius 1 is 1.42 bits per heavy atom. The first-order valence-corrected chi connectivity index (χ1v) is 4.32. The van der Waals surface area contributed by atoms with Gasteiger partial charge in [0.05, 0.1) is 11.6 Å². The first kappa shape index (κ1) is 7.36. The van der Waals surface area contributed by atoms with Gasteiger partial charge in [0, 0.05) is 0 Å². The lowest BCUT2D eigenvalue weighted by atomic mass is 10.0. The molecular formula is C11H11N. The average Bonchev–Trinajstić information content (AvgIpc) is 2.87. The van der Waals surface area contributed by atoms with Crippen LogP contribution in [0.5, 0.6) is 0 Å². The third-order valence-electron chi connectivity index (χ3n) is 2.35. The van der Waals surface area contributed by atoms with Crippen LogP contribution in [-0.4, -0.2) is 0 Å². The van der Waals surface area contributed by atoms with Crippen molar-refractivity contribution in [2.24, 2.45) is 0 Å². The van der Waals surface area contributed by atoms with Gasteiger partial charge in [0.1, 0.15) is 0 Å². The number of rotatable bonds is 1. The predicted molar refractivity (Wildman–Crippen MR) is 47.9 cm³/mol. The lowest BCUT2D eigenvalue weighted by molar-refractivity contribution is 1.11. The molecule has 0 bridgehead atoms. The van der Waals surface area contributed by atoms with Gasteiger partial charge < -0.3 is 0 Å². The van der Waals surface area contributed by atoms with E-state index in [1.807, 2.05) is 13.0 Å². The topological polar surface area (TPSA) is 23.8 Å². The molecule has 1 heteroatoms. The molecule has 60 valence electrons. The van der Waals surface area contributed by atoms with E-state index in [2.05, 4.69) is 18.2 Å². The van der Waals surface area contributed by atoms with E-state index < -0.39 is 0 Å². The van der Waals surface area contributed by atoms with E-state index >= 15 is 0 Å². The first-order chi connectivity index (χ1) is 5.81. The minimum atomic E-state index is 0.681. The van der Waals surface area contributed by atoms with Gasteiger partial charge in [-0.1, -0.05) is 12.1 Å². The smallest absolute Gasteiger partial charge is 0.0994 e. The van der Waals surface area contributed by atoms with Crippen LogP contribution >= 0.6 is 0 Å². The first-order valence-electron chi connectivity index (χ1n) is 4.32. The summed E-state index contributed by atoms with van der Waals surface area (Å²) in [6.07, 6.45) is 2.52. The van der Waals surface area contributed by atoms with Gasteiger partial charge >= 0.3 is 0 Å². The van der Waals surface area contributed by atoms with Crippen molar-refractivity contribution in [2.45, 2.75) is 25.7 Å². The zero-order chi connectivity index (χ0) is 8.55. The summed E-state index contributed by atoms with van der Waals surface area (Å²) in [5.74, 6) is 0.681. The third-order valence-corrected chi connectivity index (χ3v) is 2.35. The molecule has 2 rings (SSSR count). The summed E-state index contributed by atoms with van der Waals surface area (Å²) in [6, 6.07) is 8.43. The summed E-state index contributed by atoms with van der Waals surface area (Å²) in [5.41, 5.74) is 3.30. The van der Waals surface area contributed by atoms with Gasteiger partial charge in [-0.05, 0) is 42.9 Å². The van der Waals surface area contributed by atoms with Gasteiger partial charge in [0.25, 0.3) is 0 Å². The Labute approximate surface area is 72.6 Å². The molecular weight excluding hydrogens is 146 g/mol. The quantitative estimate of drug-likeness (QED) is 0.615. The second kappa shape index (κ2) is 2.64. The lowest BCUT2D eigenvalue weighted by Gasteiger charge is -2.01. The van der Waals surface area contributed by atoms with Gasteiger partial charge in [0.15, 0.2) is 0 Å². The number of hydrogen-bond donors (Lipinski definition) is 0. The van der Waals surface area contributed by atoms with E-state index in [0.29, 0.717) is 5.92 Å². The van der Waals surface area contributed by atoms with Crippen molar-refractivity contribution in [2.75, 3.05) is 0 Å². The van der Waals surface area contributed by atoms with Crippen LogP contribution in [0.25, 0.3) is 0 Å². The van der Waals surface area contributed by atoms with Crippen molar-refractivity contribution in [3.63, 3.8) is 0 Å². The van der Waals surface area contributed by atoms with E-state index in [9.17, 15) is 0 Å². The van der Waals surface area contributed by atoms with Gasteiger partial charge in [-0.2, -0.15) is 5.26 Å². The van der Waals surface area contributed by atoms with Crippen molar-refractivity contribution in [1.82, 2.24) is 0 Å². The second-order valence-corrected chi connectivity index (χ2v) is 3.48. The monoisotopic (exact) mass is 157 g/mol. The zero-order valence-electron chi connectivity index (χ0n) is 7.17. The van der Waals surface area contributed by atoms with Crippen molar-refractivity contribution >= 4 is 0 Å². The number of nitrogens with zero attached hydrogens (tertiary/aromatic N) is 1. The molecule has 0 unspecified atom stereocenters. The van der Waals surface area contributed by atoms with Crippen molar-refractivity contribution in [1.29, 1.82) is 5.26 Å². The molecule has 0 N–H and O–H groups in total. The molecule has 0 spiro atoms. The Morgan fingerprint density at radius 3 is 2.75 bits per heavy atom. The number of benzene rings is 1. The maximum Gasteiger partial charge on any atom is 0.0994 e. The van der Waals surface area contributed by atoms with Crippen LogP contribution < -0.4 is 0 Å². The average molecular weight is 157 g/mol. The summed E-state index contributed by atoms with van der Waals surface area (Å²) in [6.45, 7) is 2.03. The molecule has 0 saturated heterocycles. The van der Waals surface area contributed by atoms with Crippen LogP contribution in [0.15, 0.2) is 18.2 Å². The Morgan fingerprint density at radius 2 is 2.17 bits per heavy atom. The molecule has 0 aliphatic heterocycles. The highest BCUT2D eigenvalue weighted by atomic mass is 14.3. The summed E-state index contributed by atoms with van der Waals surface area (Å²) in [7, 11) is 0. The second-order valence-electron chi connectivity index (χ2n) is 3.48. The number of nitriles is 1. The van der Waals surface area contributed by atoms with Crippen LogP contribution in [-0.2, 0) is 0 Å². The molecule has 0 amide bonds. The molecule has 0 atom stereocenters. The molecule has 1 fully saturated rings. The minimum absolute atomic E-state index is 0.681. The normalized spacial score (nSPS) is 15.7. The molecule has 1 saturated carbocycles. The predicted octanol–water partition coefficient (Wildman–Crippen LogP) is 2.74. The van der Waals surface area contributed by atoms with Crippen LogP contribution in [0.4, 0.5) is 0 Å². The van der Waals surface area contributed by atoms with Gasteiger partial charge in [0.2, 0.25) is 0 Å². The molecule has 1 aromatic carbocycles. The fraction of sp³-hybridized carbons (Fsp3) is 0.364. The fourth-order valence-electron chi connectivity index (χ4n) is 1.52. The molecule has 1 nitrogen and oxygen atoms in total. The summed E-state index contributed by atoms with van der Waals surface area (Å²) in [5, 5.41) is 8.87. The molecule has 0 radical (unpaired) electrons. The number of hydrogen-bond acceptors (Lipinski definition) is 1. The van der Waals surface area contributed by atoms with Gasteiger partial charge in [-0.25, -0.2) is 0 Å². The fourth-order valence-corrected chi connectivity index (χ4v) is 1.52. The molecule has 0 heterocycles. The Bertz CT molecular complexity index is 343. The zero-order valence-corrected chi connectivity index (χ0v) is 7.17. The Kier molecular flexibility index (Phi) is 1.62. The minimum Gasteiger partial charge on any atom is -0.192 e. The highest BCUT2D eigenvalue weighted by Crippen LogP contribution is 2.41. The van der Waals surface area contributed by atoms with E-state index in [4.69, 9.17) is 5.26 Å². The van der Waals surface area contributed by atoms with E-state index in [-0.39, 0.29) is 0 Å². The largest absolute Gasteiger partial charge is 0.192 e. The third kappa shape index (κ3) is 1.21. The summed E-state index contributed by atoms with van der Waals surface area (Å²) < 4.78 is 0. The Balaban J connectivity index is 2.47. The highest BCUT2D eigenvalue weighted by Gasteiger charge is 2.25. The van der Waals surface area contributed by atoms with E-state index in [1.165, 1.54) is 24.0 Å². The Hall–Kier alpha value is -1.29. The van der Waals surface area contributed by atoms with Crippen molar-refractivity contribution in [3.8, 4) is 6.07 Å². The standard InChI is InChI=1S/C11H11N/c1-8-2-5-11(9-3-4-9)10(6-8)7-12/h2,5-6,9H,3-4H2,1H3. The SMILES string of the molecule is Cc1ccc(C2CC2)c(C#N)c1. The number of aryl methyl sites for hydroxylation is 1. The maximum atomic E-state index is 8.87. The van der Waals surface area contributed by atoms with Crippen molar-refractivity contribution < 1.29 is 0 Å². The van der Waals surface area contributed by atoms with Crippen LogP contribution in [0.3, 0.4) is 0 Å². The lowest BCUT2D eigenvalue weighted by Crippen LogP contribution is -1.87. The highest BCUT2D eigenvalue weighted by molar-refractivity contribution is 5.43. The van der Waals surface area contributed by atoms with Crippen LogP contribution in [0, 0.1) is 18.3 Å². The van der Waals surface area contributed by atoms with Gasteiger partial charge in [-0.15, -0.1) is 0 Å². The van der Waals surface area contributed by atoms with E-state index in [1.54, 1.807) is 0 Å². The summed E-state index contributed by atoms with van der Waals surface area (Å²) >= 11 is 0. The summed E-state index contributed by atoms with van der Waals surface area (Å²) in [4.78, 5) is 0. The van der Waals surface area contributed by atoms with Crippen LogP contribution in [0.2, 0.25) is 0 Å². The van der Waals surface area contributed by atoms with E-state index in [0.717, 1.165) is 5.56 Å². The molecule has 1 aliphatic rings. The van der Waals surface area contributed by atoms with Crippen molar-refractivity contribution in [3.05, 3.63) is 34.9 Å². The van der Waals surface area contributed by atoms with Gasteiger partial charge in [-0.3, -0.25) is 0 Å². The molecule has 1 aromatic rings. The molecule has 12 heavy (non-hydrogen) atoms. The molecule has 0 aromatic heterocycles. The maximum absolute atomic E-state index is 8.87.